The number of hydrogen-bond donors (Lipinski definition) is 2. The van der Waals surface area contributed by atoms with Gasteiger partial charge in [0, 0.05) is 0 Å². The number of thiazole rings is 1. The minimum absolute atomic E-state index is 0.0627. The first-order valence-electron chi connectivity index (χ1n) is 8.57. The molecular formula is C18H9ClF6N6S. The Hall–Kier alpha value is -3.19. The van der Waals surface area contributed by atoms with Crippen molar-refractivity contribution in [1.29, 1.82) is 0 Å². The van der Waals surface area contributed by atoms with Crippen LogP contribution in [0.2, 0.25) is 5.02 Å². The molecule has 6 nitrogen and oxygen atoms in total. The van der Waals surface area contributed by atoms with E-state index in [9.17, 15) is 26.3 Å². The number of rotatable bonds is 4. The highest BCUT2D eigenvalue weighted by molar-refractivity contribution is 7.21. The van der Waals surface area contributed by atoms with Crippen LogP contribution < -0.4 is 10.6 Å². The Morgan fingerprint density at radius 2 is 1.66 bits per heavy atom. The van der Waals surface area contributed by atoms with Gasteiger partial charge in [0.15, 0.2) is 15.8 Å². The maximum absolute atomic E-state index is 13.3. The van der Waals surface area contributed by atoms with Gasteiger partial charge < -0.3 is 10.6 Å². The number of anilines is 4. The van der Waals surface area contributed by atoms with Gasteiger partial charge in [-0.25, -0.2) is 19.9 Å². The molecule has 0 bridgehead atoms. The van der Waals surface area contributed by atoms with Crippen LogP contribution in [-0.4, -0.2) is 19.9 Å². The molecule has 14 heteroatoms. The summed E-state index contributed by atoms with van der Waals surface area (Å²) in [5.74, 6) is 0.135. The van der Waals surface area contributed by atoms with Gasteiger partial charge in [-0.05, 0) is 24.3 Å². The van der Waals surface area contributed by atoms with E-state index in [2.05, 4.69) is 30.6 Å². The van der Waals surface area contributed by atoms with Crippen LogP contribution in [0.15, 0.2) is 42.9 Å². The van der Waals surface area contributed by atoms with Gasteiger partial charge >= 0.3 is 12.4 Å². The van der Waals surface area contributed by atoms with Crippen LogP contribution in [0.25, 0.3) is 10.3 Å². The molecular weight excluding hydrogens is 482 g/mol. The molecule has 0 aliphatic rings. The smallest absolute Gasteiger partial charge is 0.337 e. The molecule has 0 radical (unpaired) electrons. The predicted molar refractivity (Wildman–Crippen MR) is 107 cm³/mol. The zero-order chi connectivity index (χ0) is 23.1. The summed E-state index contributed by atoms with van der Waals surface area (Å²) in [6, 6.07) is 5.32. The molecule has 0 amide bonds. The first kappa shape index (κ1) is 22.0. The largest absolute Gasteiger partial charge is 0.433 e. The summed E-state index contributed by atoms with van der Waals surface area (Å²) in [4.78, 5) is 15.9. The third kappa shape index (κ3) is 4.53. The van der Waals surface area contributed by atoms with Gasteiger partial charge in [-0.1, -0.05) is 29.0 Å². The van der Waals surface area contributed by atoms with Crippen LogP contribution in [0.5, 0.6) is 0 Å². The van der Waals surface area contributed by atoms with Crippen molar-refractivity contribution in [2.45, 2.75) is 12.4 Å². The molecule has 2 N–H and O–H groups in total. The van der Waals surface area contributed by atoms with Crippen molar-refractivity contribution in [3.63, 3.8) is 0 Å². The number of nitrogens with one attached hydrogen (secondary N) is 2. The van der Waals surface area contributed by atoms with Crippen molar-refractivity contribution in [3.8, 4) is 0 Å². The Morgan fingerprint density at radius 3 is 2.31 bits per heavy atom. The molecule has 166 valence electrons. The van der Waals surface area contributed by atoms with Crippen molar-refractivity contribution in [1.82, 2.24) is 19.9 Å². The Morgan fingerprint density at radius 1 is 0.875 bits per heavy atom. The second-order valence-corrected chi connectivity index (χ2v) is 7.62. The number of fused-ring (bicyclic) bond motifs is 1. The fourth-order valence-corrected chi connectivity index (χ4v) is 3.70. The van der Waals surface area contributed by atoms with Crippen LogP contribution in [0.4, 0.5) is 48.7 Å². The van der Waals surface area contributed by atoms with Gasteiger partial charge in [0.05, 0.1) is 28.2 Å². The molecule has 1 aromatic carbocycles. The first-order chi connectivity index (χ1) is 15.0. The van der Waals surface area contributed by atoms with E-state index < -0.39 is 23.6 Å². The van der Waals surface area contributed by atoms with E-state index in [0.717, 1.165) is 35.7 Å². The summed E-state index contributed by atoms with van der Waals surface area (Å²) in [5.41, 5.74) is -2.00. The molecule has 0 spiro atoms. The van der Waals surface area contributed by atoms with Gasteiger partial charge in [0.25, 0.3) is 0 Å². The molecule has 0 aliphatic heterocycles. The zero-order valence-corrected chi connectivity index (χ0v) is 17.0. The second kappa shape index (κ2) is 8.06. The average Bonchev–Trinajstić information content (AvgIpc) is 3.12. The summed E-state index contributed by atoms with van der Waals surface area (Å²) < 4.78 is 78.0. The lowest BCUT2D eigenvalue weighted by atomic mass is 10.1. The molecule has 0 saturated carbocycles. The van der Waals surface area contributed by atoms with Crippen LogP contribution in [0, 0.1) is 0 Å². The van der Waals surface area contributed by atoms with Crippen LogP contribution >= 0.6 is 22.9 Å². The molecule has 3 aromatic heterocycles. The van der Waals surface area contributed by atoms with Crippen LogP contribution in [0.1, 0.15) is 11.3 Å². The number of hydrogen-bond acceptors (Lipinski definition) is 7. The predicted octanol–water partition coefficient (Wildman–Crippen LogP) is 6.66. The van der Waals surface area contributed by atoms with E-state index in [1.54, 1.807) is 0 Å². The van der Waals surface area contributed by atoms with Crippen molar-refractivity contribution < 1.29 is 26.3 Å². The Bertz CT molecular complexity index is 1270. The highest BCUT2D eigenvalue weighted by atomic mass is 35.5. The molecule has 0 atom stereocenters. The minimum Gasteiger partial charge on any atom is -0.337 e. The van der Waals surface area contributed by atoms with Crippen molar-refractivity contribution in [3.05, 3.63) is 59.1 Å². The molecule has 0 fully saturated rings. The number of halogens is 7. The lowest BCUT2D eigenvalue weighted by Crippen LogP contribution is -2.09. The van der Waals surface area contributed by atoms with Crippen LogP contribution in [0.3, 0.4) is 0 Å². The van der Waals surface area contributed by atoms with E-state index in [1.807, 2.05) is 0 Å². The monoisotopic (exact) mass is 490 g/mol. The lowest BCUT2D eigenvalue weighted by molar-refractivity contribution is -0.141. The van der Waals surface area contributed by atoms with Crippen molar-refractivity contribution in [2.75, 3.05) is 10.6 Å². The standard InChI is InChI=1S/C18H9ClF6N6S/c19-10-3-1-2-9(17(20,21)22)12(10)30-16-31-13-14(27-7-28-15(13)32-16)29-8-4-5-11(26-6-8)18(23,24)25/h1-7H,(H,30,31)(H,27,28,29). The van der Waals surface area contributed by atoms with Crippen molar-refractivity contribution in [2.24, 2.45) is 0 Å². The first-order valence-corrected chi connectivity index (χ1v) is 9.76. The number of para-hydroxylation sites is 1. The molecule has 3 heterocycles. The fraction of sp³-hybridized carbons (Fsp3) is 0.111. The Balaban J connectivity index is 1.65. The summed E-state index contributed by atoms with van der Waals surface area (Å²) in [7, 11) is 0. The number of alkyl halides is 6. The van der Waals surface area contributed by atoms with Gasteiger partial charge in [0.1, 0.15) is 17.5 Å². The van der Waals surface area contributed by atoms with E-state index in [4.69, 9.17) is 11.6 Å². The van der Waals surface area contributed by atoms with E-state index in [1.165, 1.54) is 18.5 Å². The van der Waals surface area contributed by atoms with Crippen molar-refractivity contribution >= 4 is 55.6 Å². The van der Waals surface area contributed by atoms with Gasteiger partial charge in [-0.2, -0.15) is 26.3 Å². The average molecular weight is 491 g/mol. The Kier molecular flexibility index (Phi) is 5.54. The van der Waals surface area contributed by atoms with E-state index >= 15 is 0 Å². The Labute approximate surface area is 184 Å². The molecule has 4 aromatic rings. The maximum atomic E-state index is 13.3. The molecule has 32 heavy (non-hydrogen) atoms. The molecule has 0 unspecified atom stereocenters. The normalized spacial score (nSPS) is 12.2. The summed E-state index contributed by atoms with van der Waals surface area (Å²) in [5, 5.41) is 5.26. The minimum atomic E-state index is -4.65. The quantitative estimate of drug-likeness (QED) is 0.312. The number of pyridine rings is 1. The number of nitrogens with zero attached hydrogens (tertiary/aromatic N) is 4. The lowest BCUT2D eigenvalue weighted by Gasteiger charge is -2.14. The third-order valence-corrected chi connectivity index (χ3v) is 5.26. The van der Waals surface area contributed by atoms with E-state index in [0.29, 0.717) is 4.83 Å². The third-order valence-electron chi connectivity index (χ3n) is 4.06. The summed E-state index contributed by atoms with van der Waals surface area (Å²) in [6.07, 6.45) is -7.07. The fourth-order valence-electron chi connectivity index (χ4n) is 2.67. The highest BCUT2D eigenvalue weighted by Crippen LogP contribution is 2.41. The highest BCUT2D eigenvalue weighted by Gasteiger charge is 2.35. The van der Waals surface area contributed by atoms with E-state index in [-0.39, 0.29) is 32.9 Å². The second-order valence-electron chi connectivity index (χ2n) is 6.24. The number of benzene rings is 1. The molecule has 0 saturated heterocycles. The SMILES string of the molecule is FC(F)(F)c1ccc(Nc2ncnc3sc(Nc4c(Cl)cccc4C(F)(F)F)nc23)cn1. The van der Waals surface area contributed by atoms with Crippen LogP contribution in [-0.2, 0) is 12.4 Å². The van der Waals surface area contributed by atoms with Gasteiger partial charge in [-0.3, -0.25) is 0 Å². The van der Waals surface area contributed by atoms with Gasteiger partial charge in [-0.15, -0.1) is 0 Å². The zero-order valence-electron chi connectivity index (χ0n) is 15.4. The maximum Gasteiger partial charge on any atom is 0.433 e. The topological polar surface area (TPSA) is 75.6 Å². The summed E-state index contributed by atoms with van der Waals surface area (Å²) in [6.45, 7) is 0. The molecule has 4 rings (SSSR count). The van der Waals surface area contributed by atoms with Gasteiger partial charge in [0.2, 0.25) is 0 Å². The summed E-state index contributed by atoms with van der Waals surface area (Å²) >= 11 is 6.90. The number of aromatic nitrogens is 4. The molecule has 0 aliphatic carbocycles.